The SMILES string of the molecule is CC(=O)CCCSc1nc(C)cc(N)n1. The van der Waals surface area contributed by atoms with Crippen molar-refractivity contribution in [3.63, 3.8) is 0 Å². The first-order chi connectivity index (χ1) is 7.08. The van der Waals surface area contributed by atoms with E-state index in [0.717, 1.165) is 17.9 Å². The van der Waals surface area contributed by atoms with Crippen LogP contribution in [0.1, 0.15) is 25.5 Å². The Morgan fingerprint density at radius 3 is 2.87 bits per heavy atom. The Morgan fingerprint density at radius 1 is 1.53 bits per heavy atom. The van der Waals surface area contributed by atoms with Crippen LogP contribution >= 0.6 is 11.8 Å². The Labute approximate surface area is 93.7 Å². The van der Waals surface area contributed by atoms with Gasteiger partial charge in [-0.15, -0.1) is 0 Å². The molecular weight excluding hydrogens is 210 g/mol. The van der Waals surface area contributed by atoms with Gasteiger partial charge in [0.15, 0.2) is 5.16 Å². The van der Waals surface area contributed by atoms with E-state index in [1.54, 1.807) is 13.0 Å². The summed E-state index contributed by atoms with van der Waals surface area (Å²) in [5.74, 6) is 1.57. The number of anilines is 1. The number of Topliss-reactive ketones (excluding diaryl/α,β-unsaturated/α-hetero) is 1. The maximum Gasteiger partial charge on any atom is 0.189 e. The molecule has 0 amide bonds. The summed E-state index contributed by atoms with van der Waals surface area (Å²) < 4.78 is 0. The Bertz CT molecular complexity index is 334. The number of carbonyl (C=O) groups is 1. The number of aromatic nitrogens is 2. The summed E-state index contributed by atoms with van der Waals surface area (Å²) >= 11 is 1.54. The molecule has 0 aliphatic carbocycles. The molecule has 1 heterocycles. The highest BCUT2D eigenvalue weighted by atomic mass is 32.2. The third-order valence-electron chi connectivity index (χ3n) is 1.76. The molecule has 0 unspecified atom stereocenters. The number of nitrogens with zero attached hydrogens (tertiary/aromatic N) is 2. The van der Waals surface area contributed by atoms with E-state index in [1.807, 2.05) is 6.92 Å². The number of nitrogens with two attached hydrogens (primary N) is 1. The summed E-state index contributed by atoms with van der Waals surface area (Å²) in [4.78, 5) is 19.0. The van der Waals surface area contributed by atoms with Gasteiger partial charge in [-0.25, -0.2) is 9.97 Å². The molecule has 0 fully saturated rings. The molecule has 2 N–H and O–H groups in total. The van der Waals surface area contributed by atoms with E-state index < -0.39 is 0 Å². The Kier molecular flexibility index (Phi) is 4.55. The lowest BCUT2D eigenvalue weighted by atomic mass is 10.3. The van der Waals surface area contributed by atoms with Gasteiger partial charge in [0.2, 0.25) is 0 Å². The predicted molar refractivity (Wildman–Crippen MR) is 61.8 cm³/mol. The molecular formula is C10H15N3OS. The summed E-state index contributed by atoms with van der Waals surface area (Å²) in [5, 5.41) is 0.691. The first-order valence-electron chi connectivity index (χ1n) is 4.81. The third kappa shape index (κ3) is 4.78. The van der Waals surface area contributed by atoms with E-state index in [1.165, 1.54) is 11.8 Å². The Balaban J connectivity index is 2.40. The zero-order valence-electron chi connectivity index (χ0n) is 8.99. The van der Waals surface area contributed by atoms with Crippen molar-refractivity contribution in [3.8, 4) is 0 Å². The second kappa shape index (κ2) is 5.70. The van der Waals surface area contributed by atoms with Crippen molar-refractivity contribution in [1.82, 2.24) is 9.97 Å². The van der Waals surface area contributed by atoms with E-state index in [-0.39, 0.29) is 5.78 Å². The van der Waals surface area contributed by atoms with Crippen LogP contribution in [-0.4, -0.2) is 21.5 Å². The number of nitrogen functional groups attached to an aromatic ring is 1. The standard InChI is InChI=1S/C10H15N3OS/c1-7-6-9(11)13-10(12-7)15-5-3-4-8(2)14/h6H,3-5H2,1-2H3,(H2,11,12,13). The zero-order valence-corrected chi connectivity index (χ0v) is 9.80. The Hall–Kier alpha value is -1.10. The number of aryl methyl sites for hydroxylation is 1. The van der Waals surface area contributed by atoms with Gasteiger partial charge in [-0.05, 0) is 20.3 Å². The second-order valence-corrected chi connectivity index (χ2v) is 4.43. The lowest BCUT2D eigenvalue weighted by Crippen LogP contribution is -1.97. The average molecular weight is 225 g/mol. The van der Waals surface area contributed by atoms with Gasteiger partial charge in [0, 0.05) is 23.9 Å². The highest BCUT2D eigenvalue weighted by Gasteiger charge is 2.01. The number of carbonyl (C=O) groups excluding carboxylic acids is 1. The van der Waals surface area contributed by atoms with E-state index in [2.05, 4.69) is 9.97 Å². The first kappa shape index (κ1) is 12.0. The van der Waals surface area contributed by atoms with Crippen molar-refractivity contribution in [3.05, 3.63) is 11.8 Å². The quantitative estimate of drug-likeness (QED) is 0.470. The molecule has 0 radical (unpaired) electrons. The average Bonchev–Trinajstić information content (AvgIpc) is 2.10. The van der Waals surface area contributed by atoms with Crippen molar-refractivity contribution in [2.75, 3.05) is 11.5 Å². The molecule has 0 aliphatic heterocycles. The normalized spacial score (nSPS) is 10.3. The van der Waals surface area contributed by atoms with Crippen LogP contribution in [0.3, 0.4) is 0 Å². The molecule has 15 heavy (non-hydrogen) atoms. The van der Waals surface area contributed by atoms with E-state index in [9.17, 15) is 4.79 Å². The fraction of sp³-hybridized carbons (Fsp3) is 0.500. The van der Waals surface area contributed by atoms with Crippen LogP contribution in [0.15, 0.2) is 11.2 Å². The highest BCUT2D eigenvalue weighted by Crippen LogP contribution is 2.16. The van der Waals surface area contributed by atoms with Crippen LogP contribution in [0.2, 0.25) is 0 Å². The number of thioether (sulfide) groups is 1. The van der Waals surface area contributed by atoms with E-state index in [4.69, 9.17) is 5.73 Å². The number of hydrogen-bond acceptors (Lipinski definition) is 5. The van der Waals surface area contributed by atoms with Gasteiger partial charge in [0.1, 0.15) is 11.6 Å². The molecule has 0 aromatic carbocycles. The van der Waals surface area contributed by atoms with Gasteiger partial charge in [0.05, 0.1) is 0 Å². The Morgan fingerprint density at radius 2 is 2.27 bits per heavy atom. The molecule has 1 aromatic heterocycles. The maximum atomic E-state index is 10.7. The van der Waals surface area contributed by atoms with Crippen LogP contribution in [0.25, 0.3) is 0 Å². The molecule has 1 rings (SSSR count). The van der Waals surface area contributed by atoms with Gasteiger partial charge in [-0.3, -0.25) is 0 Å². The van der Waals surface area contributed by atoms with Crippen molar-refractivity contribution >= 4 is 23.4 Å². The summed E-state index contributed by atoms with van der Waals surface area (Å²) in [6.45, 7) is 3.49. The largest absolute Gasteiger partial charge is 0.384 e. The van der Waals surface area contributed by atoms with Crippen LogP contribution in [0.5, 0.6) is 0 Å². The topological polar surface area (TPSA) is 68.9 Å². The minimum absolute atomic E-state index is 0.222. The van der Waals surface area contributed by atoms with Crippen molar-refractivity contribution in [2.45, 2.75) is 31.8 Å². The van der Waals surface area contributed by atoms with Crippen molar-refractivity contribution in [2.24, 2.45) is 0 Å². The number of ketones is 1. The lowest BCUT2D eigenvalue weighted by molar-refractivity contribution is -0.117. The molecule has 4 nitrogen and oxygen atoms in total. The second-order valence-electron chi connectivity index (χ2n) is 3.37. The monoisotopic (exact) mass is 225 g/mol. The summed E-state index contributed by atoms with van der Waals surface area (Å²) in [7, 11) is 0. The predicted octanol–water partition coefficient (Wildman–Crippen LogP) is 1.83. The van der Waals surface area contributed by atoms with Gasteiger partial charge < -0.3 is 10.5 Å². The van der Waals surface area contributed by atoms with Crippen LogP contribution < -0.4 is 5.73 Å². The van der Waals surface area contributed by atoms with Gasteiger partial charge in [-0.1, -0.05) is 11.8 Å². The maximum absolute atomic E-state index is 10.7. The summed E-state index contributed by atoms with van der Waals surface area (Å²) in [5.41, 5.74) is 6.47. The molecule has 82 valence electrons. The highest BCUT2D eigenvalue weighted by molar-refractivity contribution is 7.99. The molecule has 0 bridgehead atoms. The van der Waals surface area contributed by atoms with Crippen LogP contribution in [0.4, 0.5) is 5.82 Å². The van der Waals surface area contributed by atoms with Gasteiger partial charge >= 0.3 is 0 Å². The fourth-order valence-electron chi connectivity index (χ4n) is 1.11. The number of hydrogen-bond donors (Lipinski definition) is 1. The number of rotatable bonds is 5. The fourth-order valence-corrected chi connectivity index (χ4v) is 1.96. The van der Waals surface area contributed by atoms with Crippen LogP contribution in [0, 0.1) is 6.92 Å². The zero-order chi connectivity index (χ0) is 11.3. The molecule has 0 aliphatic rings. The van der Waals surface area contributed by atoms with Crippen LogP contribution in [-0.2, 0) is 4.79 Å². The lowest BCUT2D eigenvalue weighted by Gasteiger charge is -2.01. The molecule has 1 aromatic rings. The molecule has 0 saturated carbocycles. The van der Waals surface area contributed by atoms with E-state index in [0.29, 0.717) is 17.4 Å². The minimum atomic E-state index is 0.222. The molecule has 5 heteroatoms. The molecule has 0 spiro atoms. The molecule has 0 saturated heterocycles. The minimum Gasteiger partial charge on any atom is -0.384 e. The third-order valence-corrected chi connectivity index (χ3v) is 2.69. The summed E-state index contributed by atoms with van der Waals surface area (Å²) in [6.07, 6.45) is 1.48. The van der Waals surface area contributed by atoms with Gasteiger partial charge in [0.25, 0.3) is 0 Å². The van der Waals surface area contributed by atoms with Crippen molar-refractivity contribution < 1.29 is 4.79 Å². The summed E-state index contributed by atoms with van der Waals surface area (Å²) in [6, 6.07) is 1.74. The van der Waals surface area contributed by atoms with Crippen molar-refractivity contribution in [1.29, 1.82) is 0 Å². The van der Waals surface area contributed by atoms with Gasteiger partial charge in [-0.2, -0.15) is 0 Å². The smallest absolute Gasteiger partial charge is 0.189 e. The first-order valence-corrected chi connectivity index (χ1v) is 5.80. The molecule has 0 atom stereocenters. The van der Waals surface area contributed by atoms with E-state index >= 15 is 0 Å².